The lowest BCUT2D eigenvalue weighted by Gasteiger charge is -2.34. The van der Waals surface area contributed by atoms with Crippen molar-refractivity contribution in [1.29, 1.82) is 0 Å². The second-order valence-corrected chi connectivity index (χ2v) is 13.5. The summed E-state index contributed by atoms with van der Waals surface area (Å²) in [6.45, 7) is 28.6. The maximum Gasteiger partial charge on any atom is 0.123 e. The molecular formula is C30H47NO2. The third kappa shape index (κ3) is 5.67. The van der Waals surface area contributed by atoms with Gasteiger partial charge in [-0.15, -0.1) is 0 Å². The SMILES string of the molecule is CCN(c1cc(C(C)(C)C)c(O)c(C(C)(C)C)c1)c1cc(C(C)(C)C)c(O)c(C(C)(C)C)c1. The van der Waals surface area contributed by atoms with Crippen LogP contribution in [0, 0.1) is 0 Å². The predicted octanol–water partition coefficient (Wildman–Crippen LogP) is 8.45. The van der Waals surface area contributed by atoms with E-state index in [4.69, 9.17) is 0 Å². The molecule has 2 N–H and O–H groups in total. The summed E-state index contributed by atoms with van der Waals surface area (Å²) >= 11 is 0. The lowest BCUT2D eigenvalue weighted by Crippen LogP contribution is -2.23. The van der Waals surface area contributed by atoms with E-state index in [9.17, 15) is 10.2 Å². The molecule has 0 aromatic heterocycles. The lowest BCUT2D eigenvalue weighted by molar-refractivity contribution is 0.423. The number of anilines is 2. The number of phenols is 2. The lowest BCUT2D eigenvalue weighted by atomic mass is 9.78. The van der Waals surface area contributed by atoms with Crippen LogP contribution in [-0.2, 0) is 21.7 Å². The Morgan fingerprint density at radius 2 is 0.727 bits per heavy atom. The molecule has 0 unspecified atom stereocenters. The molecule has 0 heterocycles. The van der Waals surface area contributed by atoms with Crippen LogP contribution in [0.1, 0.15) is 112 Å². The molecule has 184 valence electrons. The molecule has 0 aliphatic heterocycles. The first-order chi connectivity index (χ1) is 14.7. The van der Waals surface area contributed by atoms with E-state index in [2.05, 4.69) is 119 Å². The van der Waals surface area contributed by atoms with Crippen molar-refractivity contribution < 1.29 is 10.2 Å². The van der Waals surface area contributed by atoms with Gasteiger partial charge in [-0.05, 0) is 52.8 Å². The summed E-state index contributed by atoms with van der Waals surface area (Å²) in [6, 6.07) is 8.53. The molecular weight excluding hydrogens is 406 g/mol. The van der Waals surface area contributed by atoms with Crippen molar-refractivity contribution in [2.24, 2.45) is 0 Å². The molecule has 0 spiro atoms. The van der Waals surface area contributed by atoms with Crippen LogP contribution >= 0.6 is 0 Å². The summed E-state index contributed by atoms with van der Waals surface area (Å²) in [5, 5.41) is 22.4. The minimum atomic E-state index is -0.193. The summed E-state index contributed by atoms with van der Waals surface area (Å²) < 4.78 is 0. The summed E-state index contributed by atoms with van der Waals surface area (Å²) in [7, 11) is 0. The Morgan fingerprint density at radius 1 is 0.515 bits per heavy atom. The second-order valence-electron chi connectivity index (χ2n) is 13.5. The summed E-state index contributed by atoms with van der Waals surface area (Å²) in [6.07, 6.45) is 0. The minimum Gasteiger partial charge on any atom is -0.507 e. The Hall–Kier alpha value is -2.16. The van der Waals surface area contributed by atoms with Crippen LogP contribution in [0.5, 0.6) is 11.5 Å². The first-order valence-electron chi connectivity index (χ1n) is 12.2. The van der Waals surface area contributed by atoms with Gasteiger partial charge in [-0.2, -0.15) is 0 Å². The van der Waals surface area contributed by atoms with E-state index in [0.29, 0.717) is 11.5 Å². The Kier molecular flexibility index (Phi) is 7.03. The van der Waals surface area contributed by atoms with E-state index in [1.807, 2.05) is 0 Å². The molecule has 2 rings (SSSR count). The van der Waals surface area contributed by atoms with Crippen molar-refractivity contribution in [2.75, 3.05) is 11.4 Å². The molecule has 0 aliphatic rings. The summed E-state index contributed by atoms with van der Waals surface area (Å²) in [5.74, 6) is 0.789. The van der Waals surface area contributed by atoms with Crippen LogP contribution in [0.4, 0.5) is 11.4 Å². The van der Waals surface area contributed by atoms with Gasteiger partial charge in [0.1, 0.15) is 11.5 Å². The number of nitrogens with zero attached hydrogens (tertiary/aromatic N) is 1. The minimum absolute atomic E-state index is 0.193. The highest BCUT2D eigenvalue weighted by Gasteiger charge is 2.30. The van der Waals surface area contributed by atoms with Crippen molar-refractivity contribution in [3.63, 3.8) is 0 Å². The van der Waals surface area contributed by atoms with Crippen molar-refractivity contribution in [1.82, 2.24) is 0 Å². The fourth-order valence-electron chi connectivity index (χ4n) is 4.35. The standard InChI is InChI=1S/C30H47NO2/c1-14-31(19-15-21(27(2,3)4)25(32)22(16-19)28(5,6)7)20-17-23(29(8,9)10)26(33)24(18-20)30(11,12)13/h15-18,32-33H,14H2,1-13H3. The smallest absolute Gasteiger partial charge is 0.123 e. The number of hydrogen-bond donors (Lipinski definition) is 2. The van der Waals surface area contributed by atoms with E-state index in [1.165, 1.54) is 0 Å². The number of benzene rings is 2. The molecule has 0 radical (unpaired) electrons. The highest BCUT2D eigenvalue weighted by Crippen LogP contribution is 2.46. The van der Waals surface area contributed by atoms with Crippen LogP contribution < -0.4 is 4.90 Å². The van der Waals surface area contributed by atoms with Gasteiger partial charge >= 0.3 is 0 Å². The molecule has 2 aromatic rings. The largest absolute Gasteiger partial charge is 0.507 e. The average molecular weight is 454 g/mol. The zero-order valence-corrected chi connectivity index (χ0v) is 23.4. The fourth-order valence-corrected chi connectivity index (χ4v) is 4.35. The molecule has 0 amide bonds. The van der Waals surface area contributed by atoms with Gasteiger partial charge in [-0.25, -0.2) is 0 Å². The molecule has 0 saturated heterocycles. The first-order valence-corrected chi connectivity index (χ1v) is 12.2. The molecule has 3 heteroatoms. The summed E-state index contributed by atoms with van der Waals surface area (Å²) in [4.78, 5) is 2.30. The number of phenolic OH excluding ortho intramolecular Hbond substituents is 2. The fraction of sp³-hybridized carbons (Fsp3) is 0.600. The third-order valence-corrected chi connectivity index (χ3v) is 6.36. The molecule has 0 atom stereocenters. The maximum atomic E-state index is 11.2. The predicted molar refractivity (Wildman–Crippen MR) is 144 cm³/mol. The molecule has 0 fully saturated rings. The average Bonchev–Trinajstić information content (AvgIpc) is 2.60. The van der Waals surface area contributed by atoms with Crippen LogP contribution in [0.2, 0.25) is 0 Å². The van der Waals surface area contributed by atoms with Crippen LogP contribution in [0.3, 0.4) is 0 Å². The van der Waals surface area contributed by atoms with Gasteiger partial charge in [0.25, 0.3) is 0 Å². The highest BCUT2D eigenvalue weighted by molar-refractivity contribution is 5.71. The van der Waals surface area contributed by atoms with Gasteiger partial charge < -0.3 is 15.1 Å². The molecule has 33 heavy (non-hydrogen) atoms. The normalized spacial score (nSPS) is 13.4. The van der Waals surface area contributed by atoms with E-state index < -0.39 is 0 Å². The van der Waals surface area contributed by atoms with Crippen molar-refractivity contribution in [3.05, 3.63) is 46.5 Å². The second kappa shape index (κ2) is 8.56. The highest BCUT2D eigenvalue weighted by atomic mass is 16.3. The number of aromatic hydroxyl groups is 2. The first kappa shape index (κ1) is 27.1. The van der Waals surface area contributed by atoms with Crippen molar-refractivity contribution in [3.8, 4) is 11.5 Å². The zero-order valence-electron chi connectivity index (χ0n) is 23.4. The summed E-state index contributed by atoms with van der Waals surface area (Å²) in [5.41, 5.74) is 5.17. The monoisotopic (exact) mass is 453 g/mol. The van der Waals surface area contributed by atoms with Crippen molar-refractivity contribution in [2.45, 2.75) is 112 Å². The van der Waals surface area contributed by atoms with E-state index in [1.54, 1.807) is 0 Å². The molecule has 0 bridgehead atoms. The zero-order chi connectivity index (χ0) is 25.7. The molecule has 3 nitrogen and oxygen atoms in total. The Balaban J connectivity index is 2.91. The van der Waals surface area contributed by atoms with Gasteiger partial charge in [0.05, 0.1) is 0 Å². The van der Waals surface area contributed by atoms with E-state index in [-0.39, 0.29) is 21.7 Å². The Labute approximate surface area is 202 Å². The van der Waals surface area contributed by atoms with Gasteiger partial charge in [-0.1, -0.05) is 83.1 Å². The maximum absolute atomic E-state index is 11.2. The number of hydrogen-bond acceptors (Lipinski definition) is 3. The van der Waals surface area contributed by atoms with Gasteiger partial charge in [0.15, 0.2) is 0 Å². The quantitative estimate of drug-likeness (QED) is 0.490. The van der Waals surface area contributed by atoms with Crippen LogP contribution in [-0.4, -0.2) is 16.8 Å². The van der Waals surface area contributed by atoms with Gasteiger partial charge in [-0.3, -0.25) is 0 Å². The van der Waals surface area contributed by atoms with E-state index >= 15 is 0 Å². The Bertz CT molecular complexity index is 854. The van der Waals surface area contributed by atoms with Gasteiger partial charge in [0.2, 0.25) is 0 Å². The number of rotatable bonds is 3. The van der Waals surface area contributed by atoms with Crippen LogP contribution in [0.25, 0.3) is 0 Å². The van der Waals surface area contributed by atoms with Crippen molar-refractivity contribution >= 4 is 11.4 Å². The Morgan fingerprint density at radius 3 is 0.879 bits per heavy atom. The van der Waals surface area contributed by atoms with Gasteiger partial charge in [0, 0.05) is 40.2 Å². The molecule has 0 saturated carbocycles. The third-order valence-electron chi connectivity index (χ3n) is 6.36. The topological polar surface area (TPSA) is 43.7 Å². The molecule has 0 aliphatic carbocycles. The molecule has 2 aromatic carbocycles. The van der Waals surface area contributed by atoms with E-state index in [0.717, 1.165) is 40.2 Å². The van der Waals surface area contributed by atoms with Crippen LogP contribution in [0.15, 0.2) is 24.3 Å².